The first-order valence-corrected chi connectivity index (χ1v) is 5.32. The van der Waals surface area contributed by atoms with Gasteiger partial charge in [0.05, 0.1) is 18.8 Å². The molecule has 0 saturated carbocycles. The van der Waals surface area contributed by atoms with Gasteiger partial charge in [-0.25, -0.2) is 0 Å². The summed E-state index contributed by atoms with van der Waals surface area (Å²) in [5, 5.41) is 3.39. The van der Waals surface area contributed by atoms with Crippen molar-refractivity contribution < 1.29 is 9.53 Å². The Hall–Kier alpha value is -0.610. The topological polar surface area (TPSA) is 41.6 Å². The predicted octanol–water partition coefficient (Wildman–Crippen LogP) is -0.158. The summed E-state index contributed by atoms with van der Waals surface area (Å²) in [6, 6.07) is 0.353. The highest BCUT2D eigenvalue weighted by Gasteiger charge is 2.37. The highest BCUT2D eigenvalue weighted by Crippen LogP contribution is 2.18. The summed E-state index contributed by atoms with van der Waals surface area (Å²) >= 11 is 0. The fraction of sp³-hybridized carbons (Fsp3) is 0.900. The average Bonchev–Trinajstić information content (AvgIpc) is 2.59. The average molecular weight is 198 g/mol. The summed E-state index contributed by atoms with van der Waals surface area (Å²) in [7, 11) is 0. The van der Waals surface area contributed by atoms with Gasteiger partial charge in [0.1, 0.15) is 0 Å². The normalized spacial score (nSPS) is 32.1. The van der Waals surface area contributed by atoms with Crippen LogP contribution in [0.3, 0.4) is 0 Å². The summed E-state index contributed by atoms with van der Waals surface area (Å²) < 4.78 is 5.61. The number of fused-ring (bicyclic) bond motifs is 1. The van der Waals surface area contributed by atoms with Gasteiger partial charge in [-0.2, -0.15) is 0 Å². The number of carbonyl (C=O) groups is 1. The zero-order valence-corrected chi connectivity index (χ0v) is 8.82. The van der Waals surface area contributed by atoms with E-state index in [2.05, 4.69) is 5.32 Å². The van der Waals surface area contributed by atoms with Crippen LogP contribution in [0.25, 0.3) is 0 Å². The number of likely N-dealkylation sites (tertiary alicyclic amines) is 1. The monoisotopic (exact) mass is 198 g/mol. The molecule has 0 bridgehead atoms. The minimum absolute atomic E-state index is 0.0927. The lowest BCUT2D eigenvalue weighted by atomic mass is 10.2. The second kappa shape index (κ2) is 3.87. The van der Waals surface area contributed by atoms with Gasteiger partial charge in [-0.05, 0) is 0 Å². The van der Waals surface area contributed by atoms with Crippen LogP contribution in [-0.2, 0) is 9.53 Å². The fourth-order valence-corrected chi connectivity index (χ4v) is 2.14. The van der Waals surface area contributed by atoms with Crippen LogP contribution in [0.1, 0.15) is 13.8 Å². The molecule has 0 aliphatic carbocycles. The van der Waals surface area contributed by atoms with Gasteiger partial charge in [0.15, 0.2) is 0 Å². The van der Waals surface area contributed by atoms with Crippen molar-refractivity contribution in [3.05, 3.63) is 0 Å². The lowest BCUT2D eigenvalue weighted by Crippen LogP contribution is -2.47. The highest BCUT2D eigenvalue weighted by atomic mass is 16.5. The summed E-state index contributed by atoms with van der Waals surface area (Å²) in [5.41, 5.74) is 0. The van der Waals surface area contributed by atoms with E-state index in [-0.39, 0.29) is 17.9 Å². The molecule has 4 heteroatoms. The first kappa shape index (κ1) is 9.93. The molecule has 2 heterocycles. The quantitative estimate of drug-likeness (QED) is 0.636. The van der Waals surface area contributed by atoms with Gasteiger partial charge in [0.25, 0.3) is 0 Å². The molecule has 2 rings (SSSR count). The number of nitrogens with zero attached hydrogens (tertiary/aromatic N) is 1. The second-order valence-corrected chi connectivity index (χ2v) is 4.37. The van der Waals surface area contributed by atoms with Gasteiger partial charge < -0.3 is 15.0 Å². The Kier molecular flexibility index (Phi) is 2.74. The van der Waals surface area contributed by atoms with Crippen LogP contribution >= 0.6 is 0 Å². The standard InChI is InChI=1S/C10H18N2O2/c1-7(2)10(13)12-5-8-9(6-12)14-4-3-11-8/h7-9,11H,3-6H2,1-2H3/t8-,9?/m1/s1. The number of morpholine rings is 1. The molecule has 0 aromatic carbocycles. The van der Waals surface area contributed by atoms with Crippen LogP contribution < -0.4 is 5.32 Å². The zero-order chi connectivity index (χ0) is 10.1. The van der Waals surface area contributed by atoms with E-state index in [0.717, 1.165) is 26.2 Å². The molecule has 2 aliphatic rings. The molecule has 2 atom stereocenters. The maximum absolute atomic E-state index is 11.7. The number of hydrogen-bond donors (Lipinski definition) is 1. The zero-order valence-electron chi connectivity index (χ0n) is 8.82. The Balaban J connectivity index is 1.95. The summed E-state index contributed by atoms with van der Waals surface area (Å²) in [6.45, 7) is 7.13. The lowest BCUT2D eigenvalue weighted by molar-refractivity contribution is -0.133. The van der Waals surface area contributed by atoms with Crippen molar-refractivity contribution in [2.75, 3.05) is 26.2 Å². The summed E-state index contributed by atoms with van der Waals surface area (Å²) in [4.78, 5) is 13.6. The van der Waals surface area contributed by atoms with Crippen molar-refractivity contribution in [2.45, 2.75) is 26.0 Å². The van der Waals surface area contributed by atoms with Crippen molar-refractivity contribution in [1.29, 1.82) is 0 Å². The van der Waals surface area contributed by atoms with Crippen LogP contribution in [0, 0.1) is 5.92 Å². The number of amides is 1. The number of hydrogen-bond acceptors (Lipinski definition) is 3. The molecule has 2 aliphatic heterocycles. The van der Waals surface area contributed by atoms with Crippen LogP contribution in [0.15, 0.2) is 0 Å². The van der Waals surface area contributed by atoms with Gasteiger partial charge >= 0.3 is 0 Å². The molecular weight excluding hydrogens is 180 g/mol. The molecule has 4 nitrogen and oxygen atoms in total. The molecule has 1 unspecified atom stereocenters. The highest BCUT2D eigenvalue weighted by molar-refractivity contribution is 5.78. The van der Waals surface area contributed by atoms with Crippen molar-refractivity contribution in [3.8, 4) is 0 Å². The Morgan fingerprint density at radius 3 is 2.93 bits per heavy atom. The van der Waals surface area contributed by atoms with Crippen LogP contribution in [0.4, 0.5) is 0 Å². The van der Waals surface area contributed by atoms with E-state index >= 15 is 0 Å². The molecule has 80 valence electrons. The maximum atomic E-state index is 11.7. The van der Waals surface area contributed by atoms with Gasteiger partial charge in [0, 0.05) is 25.6 Å². The largest absolute Gasteiger partial charge is 0.373 e. The van der Waals surface area contributed by atoms with E-state index in [0.29, 0.717) is 6.04 Å². The second-order valence-electron chi connectivity index (χ2n) is 4.37. The van der Waals surface area contributed by atoms with E-state index in [1.807, 2.05) is 18.7 Å². The maximum Gasteiger partial charge on any atom is 0.225 e. The number of ether oxygens (including phenoxy) is 1. The lowest BCUT2D eigenvalue weighted by Gasteiger charge is -2.25. The molecule has 0 aromatic heterocycles. The Morgan fingerprint density at radius 1 is 1.50 bits per heavy atom. The number of rotatable bonds is 1. The molecule has 0 spiro atoms. The van der Waals surface area contributed by atoms with E-state index in [4.69, 9.17) is 4.74 Å². The van der Waals surface area contributed by atoms with E-state index < -0.39 is 0 Å². The molecular formula is C10H18N2O2. The van der Waals surface area contributed by atoms with Gasteiger partial charge in [0.2, 0.25) is 5.91 Å². The molecule has 0 aromatic rings. The first-order chi connectivity index (χ1) is 6.68. The Bertz CT molecular complexity index is 216. The first-order valence-electron chi connectivity index (χ1n) is 5.32. The van der Waals surface area contributed by atoms with Crippen molar-refractivity contribution in [1.82, 2.24) is 10.2 Å². The van der Waals surface area contributed by atoms with Gasteiger partial charge in [-0.1, -0.05) is 13.8 Å². The van der Waals surface area contributed by atoms with Crippen molar-refractivity contribution in [2.24, 2.45) is 5.92 Å². The Labute approximate surface area is 84.6 Å². The third-order valence-electron chi connectivity index (χ3n) is 2.91. The molecule has 14 heavy (non-hydrogen) atoms. The fourth-order valence-electron chi connectivity index (χ4n) is 2.14. The van der Waals surface area contributed by atoms with E-state index in [1.165, 1.54) is 0 Å². The molecule has 2 fully saturated rings. The molecule has 2 saturated heterocycles. The summed E-state index contributed by atoms with van der Waals surface area (Å²) in [6.07, 6.45) is 0.214. The molecule has 1 amide bonds. The predicted molar refractivity (Wildman–Crippen MR) is 52.9 cm³/mol. The van der Waals surface area contributed by atoms with Crippen molar-refractivity contribution in [3.63, 3.8) is 0 Å². The summed E-state index contributed by atoms with van der Waals surface area (Å²) in [5.74, 6) is 0.333. The number of nitrogens with one attached hydrogen (secondary N) is 1. The van der Waals surface area contributed by atoms with E-state index in [1.54, 1.807) is 0 Å². The SMILES string of the molecule is CC(C)C(=O)N1CC2OCCN[C@@H]2C1. The minimum atomic E-state index is 0.0927. The Morgan fingerprint density at radius 2 is 2.29 bits per heavy atom. The minimum Gasteiger partial charge on any atom is -0.373 e. The van der Waals surface area contributed by atoms with Gasteiger partial charge in [-0.3, -0.25) is 4.79 Å². The third kappa shape index (κ3) is 1.77. The number of carbonyl (C=O) groups excluding carboxylic acids is 1. The third-order valence-corrected chi connectivity index (χ3v) is 2.91. The van der Waals surface area contributed by atoms with Crippen LogP contribution in [-0.4, -0.2) is 49.2 Å². The van der Waals surface area contributed by atoms with Crippen LogP contribution in [0.2, 0.25) is 0 Å². The van der Waals surface area contributed by atoms with Crippen molar-refractivity contribution >= 4 is 5.91 Å². The van der Waals surface area contributed by atoms with Crippen LogP contribution in [0.5, 0.6) is 0 Å². The van der Waals surface area contributed by atoms with E-state index in [9.17, 15) is 4.79 Å². The smallest absolute Gasteiger partial charge is 0.225 e. The molecule has 1 N–H and O–H groups in total. The molecule has 0 radical (unpaired) electrons. The van der Waals surface area contributed by atoms with Gasteiger partial charge in [-0.15, -0.1) is 0 Å².